The predicted octanol–water partition coefficient (Wildman–Crippen LogP) is 5.86. The summed E-state index contributed by atoms with van der Waals surface area (Å²) in [7, 11) is -4.20. The van der Waals surface area contributed by atoms with Crippen molar-refractivity contribution in [2.75, 3.05) is 17.5 Å². The highest BCUT2D eigenvalue weighted by Crippen LogP contribution is 2.31. The maximum atomic E-state index is 13.6. The van der Waals surface area contributed by atoms with E-state index in [2.05, 4.69) is 0 Å². The van der Waals surface area contributed by atoms with Gasteiger partial charge in [-0.25, -0.2) is 8.42 Å². The maximum absolute atomic E-state index is 13.6. The Kier molecular flexibility index (Phi) is 7.71. The molecule has 0 saturated heterocycles. The van der Waals surface area contributed by atoms with Gasteiger partial charge in [0.25, 0.3) is 15.9 Å². The van der Waals surface area contributed by atoms with Crippen LogP contribution in [0.2, 0.25) is 0 Å². The molecule has 0 spiro atoms. The summed E-state index contributed by atoms with van der Waals surface area (Å²) in [4.78, 5) is 13.5. The number of hydrogen-bond donors (Lipinski definition) is 0. The van der Waals surface area contributed by atoms with Crippen LogP contribution in [-0.2, 0) is 14.8 Å². The first kappa shape index (κ1) is 25.0. The van der Waals surface area contributed by atoms with Crippen LogP contribution in [0.5, 0.6) is 11.5 Å². The molecule has 0 aliphatic carbocycles. The van der Waals surface area contributed by atoms with E-state index in [4.69, 9.17) is 9.47 Å². The number of nitrogens with zero attached hydrogens (tertiary/aromatic N) is 1. The van der Waals surface area contributed by atoms with Gasteiger partial charge in [-0.2, -0.15) is 4.31 Å². The van der Waals surface area contributed by atoms with Crippen molar-refractivity contribution >= 4 is 21.6 Å². The zero-order valence-electron chi connectivity index (χ0n) is 20.1. The molecule has 0 aliphatic rings. The molecule has 0 aliphatic heterocycles. The highest BCUT2D eigenvalue weighted by atomic mass is 32.2. The van der Waals surface area contributed by atoms with Crippen molar-refractivity contribution < 1.29 is 22.7 Å². The molecule has 36 heavy (non-hydrogen) atoms. The van der Waals surface area contributed by atoms with E-state index in [-0.39, 0.29) is 10.6 Å². The molecular weight excluding hydrogens is 474 g/mol. The van der Waals surface area contributed by atoms with Crippen LogP contribution in [0.25, 0.3) is 11.1 Å². The van der Waals surface area contributed by atoms with Gasteiger partial charge in [0.1, 0.15) is 11.5 Å². The highest BCUT2D eigenvalue weighted by Gasteiger charge is 2.31. The molecule has 7 heteroatoms. The Labute approximate surface area is 211 Å². The minimum Gasteiger partial charge on any atom is -0.494 e. The lowest BCUT2D eigenvalue weighted by Gasteiger charge is -2.23. The molecule has 0 unspecified atom stereocenters. The minimum atomic E-state index is -4.20. The van der Waals surface area contributed by atoms with Gasteiger partial charge in [-0.1, -0.05) is 66.2 Å². The molecule has 6 nitrogen and oxygen atoms in total. The van der Waals surface area contributed by atoms with Crippen molar-refractivity contribution in [3.63, 3.8) is 0 Å². The molecule has 4 aromatic rings. The Morgan fingerprint density at radius 1 is 0.778 bits per heavy atom. The van der Waals surface area contributed by atoms with Gasteiger partial charge in [0.15, 0.2) is 6.61 Å². The number of carbonyl (C=O) groups excluding carboxylic acids is 1. The zero-order valence-corrected chi connectivity index (χ0v) is 20.9. The summed E-state index contributed by atoms with van der Waals surface area (Å²) < 4.78 is 39.4. The molecule has 184 valence electrons. The van der Waals surface area contributed by atoms with Crippen LogP contribution >= 0.6 is 0 Å². The van der Waals surface area contributed by atoms with Crippen molar-refractivity contribution in [2.24, 2.45) is 0 Å². The van der Waals surface area contributed by atoms with Gasteiger partial charge in [-0.3, -0.25) is 4.79 Å². The largest absolute Gasteiger partial charge is 0.494 e. The number of amides is 1. The van der Waals surface area contributed by atoms with E-state index in [0.29, 0.717) is 18.1 Å². The van der Waals surface area contributed by atoms with Crippen LogP contribution in [0.1, 0.15) is 12.5 Å². The summed E-state index contributed by atoms with van der Waals surface area (Å²) in [6.07, 6.45) is 0. The van der Waals surface area contributed by atoms with Crippen LogP contribution in [0.15, 0.2) is 108 Å². The monoisotopic (exact) mass is 501 g/mol. The quantitative estimate of drug-likeness (QED) is 0.287. The Balaban J connectivity index is 1.66. The predicted molar refractivity (Wildman–Crippen MR) is 141 cm³/mol. The van der Waals surface area contributed by atoms with Gasteiger partial charge in [0.2, 0.25) is 0 Å². The number of para-hydroxylation sites is 1. The molecule has 0 heterocycles. The van der Waals surface area contributed by atoms with Crippen molar-refractivity contribution in [3.8, 4) is 22.6 Å². The topological polar surface area (TPSA) is 72.9 Å². The number of anilines is 1. The third-order valence-electron chi connectivity index (χ3n) is 5.49. The Morgan fingerprint density at radius 2 is 1.42 bits per heavy atom. The Hall–Kier alpha value is -4.10. The van der Waals surface area contributed by atoms with E-state index in [1.807, 2.05) is 56.3 Å². The van der Waals surface area contributed by atoms with Crippen molar-refractivity contribution in [1.29, 1.82) is 0 Å². The SMILES string of the molecule is CCOc1ccc(N(C(=O)COc2ccccc2-c2ccccc2)S(=O)(=O)c2ccc(C)cc2)cc1. The number of ether oxygens (including phenoxy) is 2. The fourth-order valence-electron chi connectivity index (χ4n) is 3.72. The molecule has 0 aromatic heterocycles. The first-order valence-electron chi connectivity index (χ1n) is 11.5. The number of aryl methyl sites for hydroxylation is 1. The van der Waals surface area contributed by atoms with Gasteiger partial charge in [0, 0.05) is 5.56 Å². The molecule has 4 aromatic carbocycles. The highest BCUT2D eigenvalue weighted by molar-refractivity contribution is 7.93. The molecule has 0 radical (unpaired) electrons. The van der Waals surface area contributed by atoms with E-state index in [1.54, 1.807) is 48.5 Å². The smallest absolute Gasteiger partial charge is 0.278 e. The Bertz CT molecular complexity index is 1420. The first-order valence-corrected chi connectivity index (χ1v) is 13.0. The van der Waals surface area contributed by atoms with Crippen LogP contribution in [0.3, 0.4) is 0 Å². The fraction of sp³-hybridized carbons (Fsp3) is 0.138. The molecular formula is C29H27NO5S. The van der Waals surface area contributed by atoms with Crippen molar-refractivity contribution in [3.05, 3.63) is 109 Å². The van der Waals surface area contributed by atoms with Crippen molar-refractivity contribution in [1.82, 2.24) is 0 Å². The summed E-state index contributed by atoms with van der Waals surface area (Å²) in [5, 5.41) is 0. The summed E-state index contributed by atoms with van der Waals surface area (Å²) in [5.41, 5.74) is 2.84. The summed E-state index contributed by atoms with van der Waals surface area (Å²) in [6.45, 7) is 3.72. The number of sulfonamides is 1. The lowest BCUT2D eigenvalue weighted by molar-refractivity contribution is -0.119. The molecule has 0 atom stereocenters. The van der Waals surface area contributed by atoms with Gasteiger partial charge in [-0.05, 0) is 61.9 Å². The van der Waals surface area contributed by atoms with Crippen LogP contribution in [-0.4, -0.2) is 27.5 Å². The van der Waals surface area contributed by atoms with E-state index >= 15 is 0 Å². The third-order valence-corrected chi connectivity index (χ3v) is 7.25. The van der Waals surface area contributed by atoms with Gasteiger partial charge in [-0.15, -0.1) is 0 Å². The van der Waals surface area contributed by atoms with E-state index in [1.165, 1.54) is 12.1 Å². The lowest BCUT2D eigenvalue weighted by Crippen LogP contribution is -2.40. The molecule has 1 amide bonds. The van der Waals surface area contributed by atoms with E-state index in [0.717, 1.165) is 21.0 Å². The standard InChI is InChI=1S/C29H27NO5S/c1-3-34-25-17-15-24(16-18-25)30(36(32,33)26-19-13-22(2)14-20-26)29(31)21-35-28-12-8-7-11-27(28)23-9-5-4-6-10-23/h4-20H,3,21H2,1-2H3. The van der Waals surface area contributed by atoms with Gasteiger partial charge < -0.3 is 9.47 Å². The average Bonchev–Trinajstić information content (AvgIpc) is 2.89. The second kappa shape index (κ2) is 11.1. The van der Waals surface area contributed by atoms with Crippen LogP contribution in [0, 0.1) is 6.92 Å². The summed E-state index contributed by atoms with van der Waals surface area (Å²) >= 11 is 0. The Morgan fingerprint density at radius 3 is 2.08 bits per heavy atom. The number of rotatable bonds is 9. The number of carbonyl (C=O) groups is 1. The van der Waals surface area contributed by atoms with Crippen LogP contribution in [0.4, 0.5) is 5.69 Å². The fourth-order valence-corrected chi connectivity index (χ4v) is 5.13. The normalized spacial score (nSPS) is 11.1. The molecule has 4 rings (SSSR count). The number of hydrogen-bond acceptors (Lipinski definition) is 5. The second-order valence-electron chi connectivity index (χ2n) is 8.05. The molecule has 0 fully saturated rings. The second-order valence-corrected chi connectivity index (χ2v) is 9.84. The van der Waals surface area contributed by atoms with E-state index < -0.39 is 22.5 Å². The summed E-state index contributed by atoms with van der Waals surface area (Å²) in [6, 6.07) is 29.7. The van der Waals surface area contributed by atoms with Gasteiger partial charge in [0.05, 0.1) is 17.2 Å². The molecule has 0 N–H and O–H groups in total. The number of benzene rings is 4. The van der Waals surface area contributed by atoms with Gasteiger partial charge >= 0.3 is 0 Å². The van der Waals surface area contributed by atoms with E-state index in [9.17, 15) is 13.2 Å². The average molecular weight is 502 g/mol. The van der Waals surface area contributed by atoms with Crippen LogP contribution < -0.4 is 13.8 Å². The maximum Gasteiger partial charge on any atom is 0.278 e. The minimum absolute atomic E-state index is 0.0139. The van der Waals surface area contributed by atoms with Crippen molar-refractivity contribution in [2.45, 2.75) is 18.7 Å². The summed E-state index contributed by atoms with van der Waals surface area (Å²) in [5.74, 6) is 0.341. The molecule has 0 saturated carbocycles. The first-order chi connectivity index (χ1) is 17.4. The third kappa shape index (κ3) is 5.58. The molecule has 0 bridgehead atoms. The lowest BCUT2D eigenvalue weighted by atomic mass is 10.1. The zero-order chi connectivity index (χ0) is 25.5.